The number of carbonyl (C=O) groups excluding carboxylic acids is 2. The molecule has 1 aliphatic rings. The molecule has 1 fully saturated rings. The lowest BCUT2D eigenvalue weighted by atomic mass is 9.99. The van der Waals surface area contributed by atoms with Gasteiger partial charge in [-0.1, -0.05) is 30.3 Å². The molecular formula is C38H47N3O5S. The van der Waals surface area contributed by atoms with Crippen molar-refractivity contribution in [3.8, 4) is 21.9 Å². The molecule has 0 aliphatic carbocycles. The van der Waals surface area contributed by atoms with Crippen molar-refractivity contribution in [3.05, 3.63) is 83.9 Å². The molecule has 250 valence electrons. The Labute approximate surface area is 282 Å². The first-order valence-corrected chi connectivity index (χ1v) is 17.4. The van der Waals surface area contributed by atoms with E-state index in [-0.39, 0.29) is 5.91 Å². The van der Waals surface area contributed by atoms with Gasteiger partial charge in [0.05, 0.1) is 6.61 Å². The first-order valence-electron chi connectivity index (χ1n) is 16.6. The Kier molecular flexibility index (Phi) is 11.8. The highest BCUT2D eigenvalue weighted by Gasteiger charge is 2.21. The molecule has 0 bridgehead atoms. The molecule has 1 aliphatic heterocycles. The highest BCUT2D eigenvalue weighted by Crippen LogP contribution is 2.40. The van der Waals surface area contributed by atoms with Crippen LogP contribution in [0.2, 0.25) is 0 Å². The molecule has 2 heterocycles. The fourth-order valence-electron chi connectivity index (χ4n) is 5.59. The Bertz CT molecular complexity index is 1610. The minimum Gasteiger partial charge on any atom is -0.494 e. The molecule has 4 aromatic rings. The molecule has 0 radical (unpaired) electrons. The molecule has 5 rings (SSSR count). The number of alkyl carbamates (subject to hydrolysis) is 1. The van der Waals surface area contributed by atoms with Gasteiger partial charge in [0.1, 0.15) is 29.7 Å². The summed E-state index contributed by atoms with van der Waals surface area (Å²) < 4.78 is 18.5. The molecule has 3 aromatic carbocycles. The predicted molar refractivity (Wildman–Crippen MR) is 190 cm³/mol. The van der Waals surface area contributed by atoms with E-state index in [0.29, 0.717) is 19.6 Å². The number of likely N-dealkylation sites (tertiary alicyclic amines) is 1. The quantitative estimate of drug-likeness (QED) is 0.137. The molecule has 8 nitrogen and oxygen atoms in total. The van der Waals surface area contributed by atoms with E-state index in [4.69, 9.17) is 14.2 Å². The summed E-state index contributed by atoms with van der Waals surface area (Å²) in [6.45, 7) is 12.0. The lowest BCUT2D eigenvalue weighted by Gasteiger charge is -2.21. The summed E-state index contributed by atoms with van der Waals surface area (Å²) in [6, 6.07) is 24.7. The molecule has 2 amide bonds. The number of amides is 2. The molecule has 1 aromatic heterocycles. The van der Waals surface area contributed by atoms with E-state index in [9.17, 15) is 9.59 Å². The van der Waals surface area contributed by atoms with E-state index in [1.54, 1.807) is 27.7 Å². The maximum absolute atomic E-state index is 12.3. The first-order chi connectivity index (χ1) is 22.6. The standard InChI is InChI=1S/C38H47N3O5S/c1-27(40-37(43)46-38(2,3)4)36(42)39-20-9-24-44-31-18-14-29(15-19-31)35-33(32-10-5-6-11-34(32)47-35)26-28-12-16-30(17-13-28)45-25-23-41-21-7-8-22-41/h5-6,10-19,27H,7-9,20-26H2,1-4H3,(H,39,42)(H,40,43)/t27-/m0/s1. The van der Waals surface area contributed by atoms with Gasteiger partial charge < -0.3 is 24.8 Å². The van der Waals surface area contributed by atoms with E-state index in [0.717, 1.165) is 36.6 Å². The van der Waals surface area contributed by atoms with Crippen molar-refractivity contribution in [1.29, 1.82) is 0 Å². The Balaban J connectivity index is 1.12. The smallest absolute Gasteiger partial charge is 0.408 e. The SMILES string of the molecule is C[C@H](NC(=O)OC(C)(C)C)C(=O)NCCCOc1ccc(-c2sc3ccccc3c2Cc2ccc(OCCN3CCCC3)cc2)cc1. The second-order valence-electron chi connectivity index (χ2n) is 13.0. The lowest BCUT2D eigenvalue weighted by Crippen LogP contribution is -2.46. The van der Waals surface area contributed by atoms with Crippen LogP contribution in [0.25, 0.3) is 20.5 Å². The van der Waals surface area contributed by atoms with Crippen LogP contribution in [-0.4, -0.2) is 67.9 Å². The maximum Gasteiger partial charge on any atom is 0.408 e. The van der Waals surface area contributed by atoms with Crippen LogP contribution in [0.15, 0.2) is 72.8 Å². The van der Waals surface area contributed by atoms with Gasteiger partial charge in [-0.15, -0.1) is 11.3 Å². The summed E-state index contributed by atoms with van der Waals surface area (Å²) in [7, 11) is 0. The predicted octanol–water partition coefficient (Wildman–Crippen LogP) is 7.43. The Morgan fingerprint density at radius 1 is 0.894 bits per heavy atom. The Morgan fingerprint density at radius 3 is 2.26 bits per heavy atom. The van der Waals surface area contributed by atoms with Crippen LogP contribution >= 0.6 is 11.3 Å². The second-order valence-corrected chi connectivity index (χ2v) is 14.1. The molecule has 1 saturated heterocycles. The highest BCUT2D eigenvalue weighted by atomic mass is 32.1. The zero-order valence-electron chi connectivity index (χ0n) is 28.0. The van der Waals surface area contributed by atoms with Crippen molar-refractivity contribution in [2.75, 3.05) is 39.4 Å². The van der Waals surface area contributed by atoms with Gasteiger partial charge in [0, 0.05) is 22.7 Å². The van der Waals surface area contributed by atoms with E-state index >= 15 is 0 Å². The van der Waals surface area contributed by atoms with Crippen LogP contribution < -0.4 is 20.1 Å². The Morgan fingerprint density at radius 2 is 1.55 bits per heavy atom. The minimum absolute atomic E-state index is 0.267. The molecular weight excluding hydrogens is 611 g/mol. The number of hydrogen-bond acceptors (Lipinski definition) is 7. The second kappa shape index (κ2) is 16.2. The topological polar surface area (TPSA) is 89.1 Å². The average Bonchev–Trinajstić information content (AvgIpc) is 3.69. The Hall–Kier alpha value is -4.08. The summed E-state index contributed by atoms with van der Waals surface area (Å²) in [4.78, 5) is 28.0. The van der Waals surface area contributed by atoms with Crippen LogP contribution in [0.1, 0.15) is 58.1 Å². The summed E-state index contributed by atoms with van der Waals surface area (Å²) in [5.41, 5.74) is 3.12. The van der Waals surface area contributed by atoms with Gasteiger partial charge in [-0.2, -0.15) is 0 Å². The minimum atomic E-state index is -0.694. The number of carbonyl (C=O) groups is 2. The molecule has 47 heavy (non-hydrogen) atoms. The number of hydrogen-bond donors (Lipinski definition) is 2. The van der Waals surface area contributed by atoms with Gasteiger partial charge in [-0.3, -0.25) is 9.69 Å². The highest BCUT2D eigenvalue weighted by molar-refractivity contribution is 7.22. The lowest BCUT2D eigenvalue weighted by molar-refractivity contribution is -0.122. The van der Waals surface area contributed by atoms with Crippen molar-refractivity contribution < 1.29 is 23.8 Å². The van der Waals surface area contributed by atoms with Crippen molar-refractivity contribution in [1.82, 2.24) is 15.5 Å². The third kappa shape index (κ3) is 10.2. The van der Waals surface area contributed by atoms with Crippen molar-refractivity contribution in [3.63, 3.8) is 0 Å². The number of benzene rings is 3. The third-order valence-electron chi connectivity index (χ3n) is 8.01. The monoisotopic (exact) mass is 657 g/mol. The summed E-state index contributed by atoms with van der Waals surface area (Å²) >= 11 is 1.82. The third-order valence-corrected chi connectivity index (χ3v) is 9.27. The van der Waals surface area contributed by atoms with E-state index in [1.807, 2.05) is 23.5 Å². The van der Waals surface area contributed by atoms with Crippen molar-refractivity contribution in [2.45, 2.75) is 65.0 Å². The van der Waals surface area contributed by atoms with Gasteiger partial charge in [0.25, 0.3) is 0 Å². The van der Waals surface area contributed by atoms with Crippen LogP contribution in [0.5, 0.6) is 11.5 Å². The fraction of sp³-hybridized carbons (Fsp3) is 0.421. The number of ether oxygens (including phenoxy) is 3. The van der Waals surface area contributed by atoms with Gasteiger partial charge in [0.15, 0.2) is 0 Å². The van der Waals surface area contributed by atoms with E-state index in [2.05, 4.69) is 76.2 Å². The summed E-state index contributed by atoms with van der Waals surface area (Å²) in [5, 5.41) is 6.67. The van der Waals surface area contributed by atoms with Crippen molar-refractivity contribution >= 4 is 33.4 Å². The van der Waals surface area contributed by atoms with Gasteiger partial charge in [-0.25, -0.2) is 4.79 Å². The van der Waals surface area contributed by atoms with Crippen LogP contribution in [-0.2, 0) is 16.0 Å². The van der Waals surface area contributed by atoms with Crippen LogP contribution in [0.4, 0.5) is 4.79 Å². The van der Waals surface area contributed by atoms with Gasteiger partial charge >= 0.3 is 6.09 Å². The average molecular weight is 658 g/mol. The largest absolute Gasteiger partial charge is 0.494 e. The molecule has 0 saturated carbocycles. The van der Waals surface area contributed by atoms with Gasteiger partial charge in [-0.05, 0) is 131 Å². The van der Waals surface area contributed by atoms with E-state index < -0.39 is 17.7 Å². The van der Waals surface area contributed by atoms with Crippen molar-refractivity contribution in [2.24, 2.45) is 0 Å². The molecule has 0 unspecified atom stereocenters. The molecule has 9 heteroatoms. The zero-order chi connectivity index (χ0) is 33.2. The van der Waals surface area contributed by atoms with E-state index in [1.165, 1.54) is 52.0 Å². The first kappa shape index (κ1) is 34.3. The number of nitrogens with zero attached hydrogens (tertiary/aromatic N) is 1. The molecule has 2 N–H and O–H groups in total. The van der Waals surface area contributed by atoms with Crippen LogP contribution in [0.3, 0.4) is 0 Å². The summed E-state index contributed by atoms with van der Waals surface area (Å²) in [6.07, 6.45) is 3.46. The molecule has 1 atom stereocenters. The summed E-state index contributed by atoms with van der Waals surface area (Å²) in [5.74, 6) is 1.44. The van der Waals surface area contributed by atoms with Crippen LogP contribution in [0, 0.1) is 0 Å². The zero-order valence-corrected chi connectivity index (χ0v) is 28.8. The van der Waals surface area contributed by atoms with Gasteiger partial charge in [0.2, 0.25) is 5.91 Å². The number of thiophene rings is 1. The molecule has 0 spiro atoms. The maximum atomic E-state index is 12.3. The normalized spacial score (nSPS) is 14.1. The number of fused-ring (bicyclic) bond motifs is 1. The number of rotatable bonds is 14. The number of nitrogens with one attached hydrogen (secondary N) is 2. The fourth-order valence-corrected chi connectivity index (χ4v) is 6.82.